The summed E-state index contributed by atoms with van der Waals surface area (Å²) >= 11 is 1.71. The van der Waals surface area contributed by atoms with Gasteiger partial charge in [-0.25, -0.2) is 0 Å². The predicted molar refractivity (Wildman–Crippen MR) is 131 cm³/mol. The number of fused-ring (bicyclic) bond motifs is 2. The zero-order chi connectivity index (χ0) is 20.7. The van der Waals surface area contributed by atoms with E-state index in [1.165, 1.54) is 16.7 Å². The summed E-state index contributed by atoms with van der Waals surface area (Å²) in [6.07, 6.45) is 0. The molecule has 30 heavy (non-hydrogen) atoms. The molecule has 4 aromatic carbocycles. The van der Waals surface area contributed by atoms with Crippen molar-refractivity contribution in [1.82, 2.24) is 0 Å². The minimum atomic E-state index is 0.129. The lowest BCUT2D eigenvalue weighted by Gasteiger charge is -2.13. The van der Waals surface area contributed by atoms with Crippen LogP contribution in [-0.2, 0) is 0 Å². The molecule has 0 atom stereocenters. The number of hydrogen-bond acceptors (Lipinski definition) is 2. The van der Waals surface area contributed by atoms with Crippen LogP contribution >= 0.6 is 11.3 Å². The van der Waals surface area contributed by atoms with Crippen molar-refractivity contribution in [3.05, 3.63) is 107 Å². The lowest BCUT2D eigenvalue weighted by atomic mass is 9.94. The maximum atomic E-state index is 13.3. The van der Waals surface area contributed by atoms with E-state index in [4.69, 9.17) is 0 Å². The Balaban J connectivity index is 1.76. The van der Waals surface area contributed by atoms with Crippen LogP contribution in [0, 0.1) is 0 Å². The highest BCUT2D eigenvalue weighted by molar-refractivity contribution is 7.25. The van der Waals surface area contributed by atoms with Gasteiger partial charge in [0.1, 0.15) is 0 Å². The molecule has 0 saturated carbocycles. The van der Waals surface area contributed by atoms with Crippen LogP contribution in [0.4, 0.5) is 0 Å². The first kappa shape index (κ1) is 18.8. The number of rotatable bonds is 3. The lowest BCUT2D eigenvalue weighted by Crippen LogP contribution is -2.03. The molecule has 5 rings (SSSR count). The van der Waals surface area contributed by atoms with Crippen molar-refractivity contribution in [2.75, 3.05) is 0 Å². The van der Waals surface area contributed by atoms with Gasteiger partial charge in [-0.3, -0.25) is 4.79 Å². The summed E-state index contributed by atoms with van der Waals surface area (Å²) in [5.74, 6) is 0.354. The van der Waals surface area contributed by atoms with Gasteiger partial charge in [-0.15, -0.1) is 11.3 Å². The normalized spacial score (nSPS) is 11.4. The first-order valence-electron chi connectivity index (χ1n) is 10.3. The molecule has 0 N–H and O–H groups in total. The average molecular weight is 407 g/mol. The van der Waals surface area contributed by atoms with Crippen LogP contribution in [0.5, 0.6) is 0 Å². The number of hydrogen-bond donors (Lipinski definition) is 0. The van der Waals surface area contributed by atoms with Gasteiger partial charge in [0.05, 0.1) is 0 Å². The Morgan fingerprint density at radius 1 is 0.667 bits per heavy atom. The molecule has 0 aliphatic heterocycles. The topological polar surface area (TPSA) is 17.1 Å². The van der Waals surface area contributed by atoms with E-state index in [0.29, 0.717) is 5.92 Å². The highest BCUT2D eigenvalue weighted by atomic mass is 32.1. The minimum absolute atomic E-state index is 0.129. The van der Waals surface area contributed by atoms with Crippen LogP contribution in [0.25, 0.3) is 42.4 Å². The second-order valence-electron chi connectivity index (χ2n) is 7.97. The molecule has 0 aliphatic rings. The summed E-state index contributed by atoms with van der Waals surface area (Å²) < 4.78 is 2.10. The van der Waals surface area contributed by atoms with Crippen molar-refractivity contribution in [2.45, 2.75) is 19.8 Å². The van der Waals surface area contributed by atoms with E-state index in [1.54, 1.807) is 11.3 Å². The molecule has 1 aromatic heterocycles. The molecule has 2 heteroatoms. The van der Waals surface area contributed by atoms with Crippen LogP contribution in [0.1, 0.15) is 25.3 Å². The summed E-state index contributed by atoms with van der Waals surface area (Å²) in [5, 5.41) is 1.63. The summed E-state index contributed by atoms with van der Waals surface area (Å²) in [6, 6.07) is 31.4. The zero-order valence-corrected chi connectivity index (χ0v) is 17.9. The van der Waals surface area contributed by atoms with Crippen molar-refractivity contribution in [2.24, 2.45) is 0 Å². The Morgan fingerprint density at radius 2 is 1.30 bits per heavy atom. The Bertz CT molecular complexity index is 1410. The van der Waals surface area contributed by atoms with Crippen molar-refractivity contribution < 1.29 is 0 Å². The molecule has 0 unspecified atom stereocenters. The largest absolute Gasteiger partial charge is 0.289 e. The zero-order valence-electron chi connectivity index (χ0n) is 17.1. The molecule has 0 amide bonds. The SMILES string of the molecule is CC(C)c1cc(-c2ccc(-c3ccccc3)cc2)c2sc3ccccc3c(=O)c2c1. The Morgan fingerprint density at radius 3 is 2.03 bits per heavy atom. The third-order valence-corrected chi connectivity index (χ3v) is 6.89. The fraction of sp³-hybridized carbons (Fsp3) is 0.107. The Kier molecular flexibility index (Phi) is 4.72. The highest BCUT2D eigenvalue weighted by Gasteiger charge is 2.14. The van der Waals surface area contributed by atoms with Gasteiger partial charge in [0.2, 0.25) is 0 Å². The van der Waals surface area contributed by atoms with Gasteiger partial charge >= 0.3 is 0 Å². The van der Waals surface area contributed by atoms with E-state index in [9.17, 15) is 4.79 Å². The van der Waals surface area contributed by atoms with Crippen molar-refractivity contribution in [1.29, 1.82) is 0 Å². The highest BCUT2D eigenvalue weighted by Crippen LogP contribution is 2.37. The first-order chi connectivity index (χ1) is 14.6. The monoisotopic (exact) mass is 406 g/mol. The molecule has 0 radical (unpaired) electrons. The van der Waals surface area contributed by atoms with Crippen molar-refractivity contribution in [3.63, 3.8) is 0 Å². The van der Waals surface area contributed by atoms with E-state index in [-0.39, 0.29) is 5.43 Å². The smallest absolute Gasteiger partial charge is 0.195 e. The van der Waals surface area contributed by atoms with Crippen LogP contribution in [0.15, 0.2) is 95.8 Å². The van der Waals surface area contributed by atoms with Gasteiger partial charge in [0, 0.05) is 20.2 Å². The first-order valence-corrected chi connectivity index (χ1v) is 11.1. The van der Waals surface area contributed by atoms with Crippen LogP contribution in [-0.4, -0.2) is 0 Å². The molecule has 1 nitrogen and oxygen atoms in total. The molecule has 146 valence electrons. The van der Waals surface area contributed by atoms with Gasteiger partial charge in [0.15, 0.2) is 5.43 Å². The van der Waals surface area contributed by atoms with E-state index >= 15 is 0 Å². The van der Waals surface area contributed by atoms with Gasteiger partial charge in [-0.1, -0.05) is 80.6 Å². The van der Waals surface area contributed by atoms with Crippen LogP contribution < -0.4 is 5.43 Å². The molecular weight excluding hydrogens is 384 g/mol. The van der Waals surface area contributed by atoms with Crippen molar-refractivity contribution >= 4 is 31.5 Å². The Labute approximate surface area is 180 Å². The third-order valence-electron chi connectivity index (χ3n) is 5.67. The fourth-order valence-corrected chi connectivity index (χ4v) is 5.13. The summed E-state index contributed by atoms with van der Waals surface area (Å²) in [4.78, 5) is 13.3. The van der Waals surface area contributed by atoms with Gasteiger partial charge < -0.3 is 0 Å². The molecule has 0 bridgehead atoms. The van der Waals surface area contributed by atoms with E-state index in [2.05, 4.69) is 74.5 Å². The van der Waals surface area contributed by atoms with E-state index < -0.39 is 0 Å². The van der Waals surface area contributed by atoms with Gasteiger partial charge in [-0.2, -0.15) is 0 Å². The third kappa shape index (κ3) is 3.24. The van der Waals surface area contributed by atoms with E-state index in [1.807, 2.05) is 30.3 Å². The molecule has 0 fully saturated rings. The van der Waals surface area contributed by atoms with E-state index in [0.717, 1.165) is 31.3 Å². The van der Waals surface area contributed by atoms with Gasteiger partial charge in [0.25, 0.3) is 0 Å². The maximum Gasteiger partial charge on any atom is 0.195 e. The molecular formula is C28H22OS. The molecule has 0 aliphatic carbocycles. The van der Waals surface area contributed by atoms with Gasteiger partial charge in [-0.05, 0) is 58.0 Å². The van der Waals surface area contributed by atoms with Crippen molar-refractivity contribution in [3.8, 4) is 22.3 Å². The second-order valence-corrected chi connectivity index (χ2v) is 9.02. The van der Waals surface area contributed by atoms with Crippen LogP contribution in [0.2, 0.25) is 0 Å². The van der Waals surface area contributed by atoms with Crippen LogP contribution in [0.3, 0.4) is 0 Å². The lowest BCUT2D eigenvalue weighted by molar-refractivity contribution is 0.869. The second kappa shape index (κ2) is 7.55. The molecule has 1 heterocycles. The quantitative estimate of drug-likeness (QED) is 0.279. The molecule has 5 aromatic rings. The predicted octanol–water partition coefficient (Wildman–Crippen LogP) is 7.87. The standard InChI is InChI=1S/C28H22OS/c1-18(2)22-16-24(21-14-12-20(13-15-21)19-8-4-3-5-9-19)28-25(17-22)27(29)23-10-6-7-11-26(23)30-28/h3-18H,1-2H3. The number of benzene rings is 4. The minimum Gasteiger partial charge on any atom is -0.289 e. The maximum absolute atomic E-state index is 13.3. The summed E-state index contributed by atoms with van der Waals surface area (Å²) in [6.45, 7) is 4.36. The average Bonchev–Trinajstić information content (AvgIpc) is 2.79. The molecule has 0 spiro atoms. The Hall–Kier alpha value is -3.23. The summed E-state index contributed by atoms with van der Waals surface area (Å²) in [7, 11) is 0. The summed E-state index contributed by atoms with van der Waals surface area (Å²) in [5.41, 5.74) is 6.02. The fourth-order valence-electron chi connectivity index (χ4n) is 3.95. The molecule has 0 saturated heterocycles.